The number of rotatable bonds is 10. The van der Waals surface area contributed by atoms with E-state index in [9.17, 15) is 13.5 Å². The Hall–Kier alpha value is -2.51. The fourth-order valence-corrected chi connectivity index (χ4v) is 6.38. The number of likely N-dealkylation sites (tertiary alicyclic amines) is 1. The first-order chi connectivity index (χ1) is 16.9. The van der Waals surface area contributed by atoms with Crippen LogP contribution in [0.25, 0.3) is 0 Å². The molecular formula is C29H36N2O3S. The van der Waals surface area contributed by atoms with Gasteiger partial charge >= 0.3 is 0 Å². The van der Waals surface area contributed by atoms with Gasteiger partial charge in [-0.25, -0.2) is 12.7 Å². The summed E-state index contributed by atoms with van der Waals surface area (Å²) in [6, 6.07) is 29.2. The van der Waals surface area contributed by atoms with Crippen molar-refractivity contribution in [2.24, 2.45) is 0 Å². The molecule has 5 nitrogen and oxygen atoms in total. The average Bonchev–Trinajstić information content (AvgIpc) is 2.92. The first kappa shape index (κ1) is 25.6. The summed E-state index contributed by atoms with van der Waals surface area (Å²) in [4.78, 5) is 2.78. The van der Waals surface area contributed by atoms with E-state index in [2.05, 4.69) is 29.2 Å². The van der Waals surface area contributed by atoms with E-state index in [1.165, 1.54) is 9.87 Å². The van der Waals surface area contributed by atoms with Crippen LogP contribution in [0, 0.1) is 0 Å². The molecule has 1 N–H and O–H groups in total. The van der Waals surface area contributed by atoms with Gasteiger partial charge in [-0.3, -0.25) is 0 Å². The van der Waals surface area contributed by atoms with E-state index in [-0.39, 0.29) is 17.9 Å². The quantitative estimate of drug-likeness (QED) is 0.453. The highest BCUT2D eigenvalue weighted by Crippen LogP contribution is 2.35. The maximum Gasteiger partial charge on any atom is 0.242 e. The molecular weight excluding hydrogens is 456 g/mol. The van der Waals surface area contributed by atoms with E-state index in [0.29, 0.717) is 11.4 Å². The second kappa shape index (κ2) is 11.5. The normalized spacial score (nSPS) is 17.3. The topological polar surface area (TPSA) is 60.9 Å². The highest BCUT2D eigenvalue weighted by atomic mass is 32.2. The van der Waals surface area contributed by atoms with Crippen molar-refractivity contribution in [3.05, 3.63) is 102 Å². The zero-order chi connectivity index (χ0) is 24.7. The summed E-state index contributed by atoms with van der Waals surface area (Å²) in [5.41, 5.74) is 2.21. The molecule has 3 aromatic carbocycles. The van der Waals surface area contributed by atoms with Gasteiger partial charge in [0.2, 0.25) is 10.0 Å². The van der Waals surface area contributed by atoms with Crippen LogP contribution in [0.2, 0.25) is 0 Å². The number of hydrogen-bond donors (Lipinski definition) is 1. The van der Waals surface area contributed by atoms with E-state index in [4.69, 9.17) is 0 Å². The molecule has 186 valence electrons. The fraction of sp³-hybridized carbons (Fsp3) is 0.379. The number of benzene rings is 3. The number of aliphatic hydroxyl groups is 1. The summed E-state index contributed by atoms with van der Waals surface area (Å²) < 4.78 is 27.8. The second-order valence-corrected chi connectivity index (χ2v) is 11.7. The van der Waals surface area contributed by atoms with Crippen molar-refractivity contribution in [1.82, 2.24) is 9.21 Å². The van der Waals surface area contributed by atoms with Gasteiger partial charge < -0.3 is 10.0 Å². The van der Waals surface area contributed by atoms with E-state index < -0.39 is 10.0 Å². The largest absolute Gasteiger partial charge is 0.395 e. The van der Waals surface area contributed by atoms with E-state index >= 15 is 0 Å². The van der Waals surface area contributed by atoms with Gasteiger partial charge in [-0.2, -0.15) is 0 Å². The molecule has 0 aromatic heterocycles. The van der Waals surface area contributed by atoms with Crippen molar-refractivity contribution in [3.63, 3.8) is 0 Å². The first-order valence-electron chi connectivity index (χ1n) is 12.4. The number of sulfonamides is 1. The minimum atomic E-state index is -3.54. The molecule has 1 aliphatic rings. The molecule has 0 bridgehead atoms. The van der Waals surface area contributed by atoms with Crippen LogP contribution in [0.4, 0.5) is 0 Å². The molecule has 1 fully saturated rings. The molecule has 1 saturated heterocycles. The smallest absolute Gasteiger partial charge is 0.242 e. The predicted molar refractivity (Wildman–Crippen MR) is 141 cm³/mol. The molecule has 1 aliphatic heterocycles. The summed E-state index contributed by atoms with van der Waals surface area (Å²) in [5.74, 6) is 0.0957. The first-order valence-corrected chi connectivity index (χ1v) is 13.8. The molecule has 4 rings (SSSR count). The Balaban J connectivity index is 1.42. The SMILES string of the molecule is CN(C[C@H](CCN1CCC(CO)(c2ccccc2)CC1)c1ccccc1)S(=O)(=O)c1ccccc1. The lowest BCUT2D eigenvalue weighted by molar-refractivity contribution is 0.0990. The summed E-state index contributed by atoms with van der Waals surface area (Å²) in [6.45, 7) is 3.35. The molecule has 6 heteroatoms. The lowest BCUT2D eigenvalue weighted by Gasteiger charge is -2.41. The van der Waals surface area contributed by atoms with Gasteiger partial charge in [0.1, 0.15) is 0 Å². The standard InChI is InChI=1S/C29H36N2O3S/c1-30(35(33,34)28-15-9-4-10-16-28)23-26(25-11-5-2-6-12-25)17-20-31-21-18-29(24-32,19-22-31)27-13-7-3-8-14-27/h2-16,26,32H,17-24H2,1H3/t26-/m0/s1. The van der Waals surface area contributed by atoms with Crippen molar-refractivity contribution >= 4 is 10.0 Å². The van der Waals surface area contributed by atoms with Crippen LogP contribution in [0.1, 0.15) is 36.3 Å². The number of hydrogen-bond acceptors (Lipinski definition) is 4. The number of piperidine rings is 1. The number of nitrogens with zero attached hydrogens (tertiary/aromatic N) is 2. The summed E-state index contributed by atoms with van der Waals surface area (Å²) in [6.07, 6.45) is 2.72. The molecule has 1 atom stereocenters. The van der Waals surface area contributed by atoms with Crippen LogP contribution >= 0.6 is 0 Å². The summed E-state index contributed by atoms with van der Waals surface area (Å²) in [7, 11) is -1.87. The molecule has 0 spiro atoms. The molecule has 0 unspecified atom stereocenters. The molecule has 0 saturated carbocycles. The Kier molecular flexibility index (Phi) is 8.39. The molecule has 0 aliphatic carbocycles. The average molecular weight is 493 g/mol. The maximum atomic E-state index is 13.1. The zero-order valence-corrected chi connectivity index (χ0v) is 21.3. The Bertz CT molecular complexity index is 1150. The van der Waals surface area contributed by atoms with Crippen molar-refractivity contribution in [2.45, 2.75) is 35.5 Å². The van der Waals surface area contributed by atoms with Gasteiger partial charge in [0, 0.05) is 19.0 Å². The molecule has 1 heterocycles. The molecule has 0 amide bonds. The van der Waals surface area contributed by atoms with Crippen LogP contribution < -0.4 is 0 Å². The second-order valence-electron chi connectivity index (χ2n) is 9.64. The van der Waals surface area contributed by atoms with Crippen molar-refractivity contribution < 1.29 is 13.5 Å². The van der Waals surface area contributed by atoms with Crippen LogP contribution in [-0.4, -0.2) is 62.6 Å². The minimum Gasteiger partial charge on any atom is -0.395 e. The van der Waals surface area contributed by atoms with Crippen molar-refractivity contribution in [2.75, 3.05) is 39.8 Å². The number of aliphatic hydroxyl groups excluding tert-OH is 1. The lowest BCUT2D eigenvalue weighted by Crippen LogP contribution is -2.45. The molecule has 3 aromatic rings. The Morgan fingerprint density at radius 3 is 2.00 bits per heavy atom. The van der Waals surface area contributed by atoms with E-state index in [0.717, 1.165) is 44.5 Å². The van der Waals surface area contributed by atoms with Gasteiger partial charge in [0.15, 0.2) is 0 Å². The van der Waals surface area contributed by atoms with Crippen molar-refractivity contribution in [3.8, 4) is 0 Å². The van der Waals surface area contributed by atoms with Crippen LogP contribution in [-0.2, 0) is 15.4 Å². The van der Waals surface area contributed by atoms with Crippen LogP contribution in [0.3, 0.4) is 0 Å². The maximum absolute atomic E-state index is 13.1. The van der Waals surface area contributed by atoms with E-state index in [1.54, 1.807) is 31.3 Å². The van der Waals surface area contributed by atoms with Crippen molar-refractivity contribution in [1.29, 1.82) is 0 Å². The molecule has 35 heavy (non-hydrogen) atoms. The monoisotopic (exact) mass is 492 g/mol. The minimum absolute atomic E-state index is 0.0957. The third-order valence-corrected chi connectivity index (χ3v) is 9.33. The number of likely N-dealkylation sites (N-methyl/N-ethyl adjacent to an activating group) is 1. The van der Waals surface area contributed by atoms with Gasteiger partial charge in [-0.1, -0.05) is 78.9 Å². The Morgan fingerprint density at radius 1 is 0.886 bits per heavy atom. The highest BCUT2D eigenvalue weighted by molar-refractivity contribution is 7.89. The van der Waals surface area contributed by atoms with Gasteiger partial charge in [0.05, 0.1) is 11.5 Å². The molecule has 0 radical (unpaired) electrons. The van der Waals surface area contributed by atoms with Gasteiger partial charge in [0.25, 0.3) is 0 Å². The zero-order valence-electron chi connectivity index (χ0n) is 20.5. The Labute approximate surface area is 210 Å². The van der Waals surface area contributed by atoms with Crippen LogP contribution in [0.5, 0.6) is 0 Å². The van der Waals surface area contributed by atoms with Gasteiger partial charge in [-0.15, -0.1) is 0 Å². The van der Waals surface area contributed by atoms with E-state index in [1.807, 2.05) is 42.5 Å². The van der Waals surface area contributed by atoms with Gasteiger partial charge in [-0.05, 0) is 68.1 Å². The lowest BCUT2D eigenvalue weighted by atomic mass is 9.73. The third-order valence-electron chi connectivity index (χ3n) is 7.50. The summed E-state index contributed by atoms with van der Waals surface area (Å²) >= 11 is 0. The Morgan fingerprint density at radius 2 is 1.43 bits per heavy atom. The predicted octanol–water partition coefficient (Wildman–Crippen LogP) is 4.51. The third kappa shape index (κ3) is 6.01. The van der Waals surface area contributed by atoms with Crippen LogP contribution in [0.15, 0.2) is 95.9 Å². The highest BCUT2D eigenvalue weighted by Gasteiger charge is 2.35. The summed E-state index contributed by atoms with van der Waals surface area (Å²) in [5, 5.41) is 10.2. The fourth-order valence-electron chi connectivity index (χ4n) is 5.14.